The van der Waals surface area contributed by atoms with Gasteiger partial charge in [-0.25, -0.2) is 9.78 Å². The van der Waals surface area contributed by atoms with E-state index in [1.54, 1.807) is 30.5 Å². The Morgan fingerprint density at radius 2 is 2.03 bits per heavy atom. The molecule has 0 saturated heterocycles. The molecule has 1 atom stereocenters. The number of hydrogen-bond donors (Lipinski definition) is 1. The van der Waals surface area contributed by atoms with Gasteiger partial charge in [0.2, 0.25) is 0 Å². The minimum Gasteiger partial charge on any atom is -0.448 e. The molecule has 162 valence electrons. The van der Waals surface area contributed by atoms with E-state index in [4.69, 9.17) is 27.9 Å². The predicted molar refractivity (Wildman–Crippen MR) is 127 cm³/mol. The van der Waals surface area contributed by atoms with Gasteiger partial charge in [-0.2, -0.15) is 0 Å². The van der Waals surface area contributed by atoms with Gasteiger partial charge in [0, 0.05) is 20.8 Å². The first-order chi connectivity index (χ1) is 14.9. The molecule has 4 rings (SSSR count). The Labute approximate surface area is 198 Å². The van der Waals surface area contributed by atoms with Gasteiger partial charge in [0.05, 0.1) is 10.7 Å². The van der Waals surface area contributed by atoms with E-state index in [1.165, 1.54) is 33.1 Å². The molecule has 31 heavy (non-hydrogen) atoms. The maximum atomic E-state index is 12.7. The molecule has 1 aromatic carbocycles. The van der Waals surface area contributed by atoms with E-state index < -0.39 is 18.0 Å². The first-order valence-corrected chi connectivity index (χ1v) is 12.4. The second-order valence-corrected chi connectivity index (χ2v) is 10.1. The van der Waals surface area contributed by atoms with Crippen LogP contribution in [0.1, 0.15) is 46.3 Å². The number of thiophene rings is 1. The Bertz CT molecular complexity index is 1100. The third-order valence-corrected chi connectivity index (χ3v) is 7.57. The highest BCUT2D eigenvalue weighted by atomic mass is 35.5. The zero-order valence-electron chi connectivity index (χ0n) is 16.7. The summed E-state index contributed by atoms with van der Waals surface area (Å²) >= 11 is 14.9. The van der Waals surface area contributed by atoms with Crippen molar-refractivity contribution in [3.8, 4) is 11.3 Å². The number of halogens is 2. The molecule has 5 nitrogen and oxygen atoms in total. The van der Waals surface area contributed by atoms with Crippen LogP contribution in [0.2, 0.25) is 10.0 Å². The molecule has 1 N–H and O–H groups in total. The van der Waals surface area contributed by atoms with Crippen molar-refractivity contribution in [3.05, 3.63) is 55.0 Å². The van der Waals surface area contributed by atoms with E-state index in [9.17, 15) is 9.59 Å². The van der Waals surface area contributed by atoms with Crippen molar-refractivity contribution in [1.29, 1.82) is 0 Å². The number of thiazole rings is 1. The molecule has 1 unspecified atom stereocenters. The molecule has 1 aliphatic rings. The summed E-state index contributed by atoms with van der Waals surface area (Å²) in [5, 5.41) is 5.97. The molecule has 0 bridgehead atoms. The SMILES string of the molecule is CCC(OC(=O)c1cc2c(s1)CCCC2)C(=O)Nc1nc(-c2ccc(Cl)cc2Cl)cs1. The van der Waals surface area contributed by atoms with Gasteiger partial charge in [0.15, 0.2) is 11.2 Å². The Hall–Kier alpha value is -1.93. The number of fused-ring (bicyclic) bond motifs is 1. The smallest absolute Gasteiger partial charge is 0.349 e. The summed E-state index contributed by atoms with van der Waals surface area (Å²) in [6, 6.07) is 7.07. The molecule has 0 radical (unpaired) electrons. The number of esters is 1. The first kappa shape index (κ1) is 22.3. The standard InChI is InChI=1S/C22H20Cl2N2O3S2/c1-2-17(29-21(28)19-9-12-5-3-4-6-18(12)31-19)20(27)26-22-25-16(11-30-22)14-8-7-13(23)10-15(14)24/h7-11,17H,2-6H2,1H3,(H,25,26,27). The van der Waals surface area contributed by atoms with Gasteiger partial charge < -0.3 is 4.74 Å². The van der Waals surface area contributed by atoms with E-state index in [-0.39, 0.29) is 0 Å². The van der Waals surface area contributed by atoms with Gasteiger partial charge in [-0.1, -0.05) is 30.1 Å². The summed E-state index contributed by atoms with van der Waals surface area (Å²) < 4.78 is 5.52. The minimum absolute atomic E-state index is 0.365. The molecule has 1 amide bonds. The molecular weight excluding hydrogens is 475 g/mol. The van der Waals surface area contributed by atoms with Crippen LogP contribution in [-0.2, 0) is 22.4 Å². The van der Waals surface area contributed by atoms with Crippen LogP contribution < -0.4 is 5.32 Å². The summed E-state index contributed by atoms with van der Waals surface area (Å²) in [5.74, 6) is -0.852. The average Bonchev–Trinajstić information content (AvgIpc) is 3.38. The largest absolute Gasteiger partial charge is 0.448 e. The van der Waals surface area contributed by atoms with Crippen molar-refractivity contribution < 1.29 is 14.3 Å². The lowest BCUT2D eigenvalue weighted by atomic mass is 9.99. The highest BCUT2D eigenvalue weighted by molar-refractivity contribution is 7.14. The van der Waals surface area contributed by atoms with Crippen LogP contribution >= 0.6 is 45.9 Å². The lowest BCUT2D eigenvalue weighted by molar-refractivity contribution is -0.124. The Morgan fingerprint density at radius 3 is 2.77 bits per heavy atom. The maximum absolute atomic E-state index is 12.7. The molecule has 0 spiro atoms. The number of benzene rings is 1. The summed E-state index contributed by atoms with van der Waals surface area (Å²) in [4.78, 5) is 31.6. The van der Waals surface area contributed by atoms with E-state index in [0.29, 0.717) is 32.2 Å². The Balaban J connectivity index is 1.41. The summed E-state index contributed by atoms with van der Waals surface area (Å²) in [7, 11) is 0. The van der Waals surface area contributed by atoms with E-state index in [1.807, 2.05) is 6.07 Å². The highest BCUT2D eigenvalue weighted by Gasteiger charge is 2.25. The number of nitrogens with zero attached hydrogens (tertiary/aromatic N) is 1. The lowest BCUT2D eigenvalue weighted by Gasteiger charge is -2.14. The van der Waals surface area contributed by atoms with Gasteiger partial charge in [0.1, 0.15) is 4.88 Å². The molecule has 3 aromatic rings. The van der Waals surface area contributed by atoms with Crippen molar-refractivity contribution in [2.75, 3.05) is 5.32 Å². The molecule has 9 heteroatoms. The quantitative estimate of drug-likeness (QED) is 0.390. The Kier molecular flexibility index (Phi) is 6.96. The van der Waals surface area contributed by atoms with Gasteiger partial charge in [-0.15, -0.1) is 22.7 Å². The van der Waals surface area contributed by atoms with Crippen LogP contribution in [0.15, 0.2) is 29.6 Å². The first-order valence-electron chi connectivity index (χ1n) is 9.99. The summed E-state index contributed by atoms with van der Waals surface area (Å²) in [6.07, 6.45) is 3.78. The number of aryl methyl sites for hydroxylation is 2. The fourth-order valence-corrected chi connectivity index (χ4v) is 5.79. The van der Waals surface area contributed by atoms with Gasteiger partial charge in [-0.05, 0) is 61.9 Å². The minimum atomic E-state index is -0.891. The molecule has 2 aromatic heterocycles. The summed E-state index contributed by atoms with van der Waals surface area (Å²) in [5.41, 5.74) is 2.59. The second kappa shape index (κ2) is 9.69. The number of rotatable bonds is 6. The average molecular weight is 495 g/mol. The van der Waals surface area contributed by atoms with Crippen LogP contribution in [0.5, 0.6) is 0 Å². The number of carbonyl (C=O) groups is 2. The normalized spacial score (nSPS) is 14.0. The number of anilines is 1. The predicted octanol–water partition coefficient (Wildman–Crippen LogP) is 6.63. The van der Waals surface area contributed by atoms with Gasteiger partial charge in [-0.3, -0.25) is 10.1 Å². The van der Waals surface area contributed by atoms with Crippen molar-refractivity contribution >= 4 is 62.9 Å². The molecule has 0 fully saturated rings. The molecular formula is C22H20Cl2N2O3S2. The summed E-state index contributed by atoms with van der Waals surface area (Å²) in [6.45, 7) is 1.80. The topological polar surface area (TPSA) is 68.3 Å². The molecule has 1 aliphatic carbocycles. The van der Waals surface area contributed by atoms with E-state index in [0.717, 1.165) is 31.2 Å². The third-order valence-electron chi connectivity index (χ3n) is 5.05. The number of amides is 1. The van der Waals surface area contributed by atoms with Crippen LogP contribution in [0.25, 0.3) is 11.3 Å². The van der Waals surface area contributed by atoms with Crippen LogP contribution in [0.4, 0.5) is 5.13 Å². The van der Waals surface area contributed by atoms with Gasteiger partial charge >= 0.3 is 5.97 Å². The monoisotopic (exact) mass is 494 g/mol. The van der Waals surface area contributed by atoms with E-state index >= 15 is 0 Å². The highest BCUT2D eigenvalue weighted by Crippen LogP contribution is 2.33. The van der Waals surface area contributed by atoms with Crippen molar-refractivity contribution in [2.45, 2.75) is 45.1 Å². The van der Waals surface area contributed by atoms with E-state index in [2.05, 4.69) is 10.3 Å². The lowest BCUT2D eigenvalue weighted by Crippen LogP contribution is -2.31. The number of aromatic nitrogens is 1. The number of carbonyl (C=O) groups excluding carboxylic acids is 2. The van der Waals surface area contributed by atoms with Crippen molar-refractivity contribution in [3.63, 3.8) is 0 Å². The second-order valence-electron chi connectivity index (χ2n) is 7.22. The van der Waals surface area contributed by atoms with Crippen LogP contribution in [0, 0.1) is 0 Å². The molecule has 0 saturated carbocycles. The van der Waals surface area contributed by atoms with Crippen LogP contribution in [-0.4, -0.2) is 23.0 Å². The van der Waals surface area contributed by atoms with Crippen molar-refractivity contribution in [2.24, 2.45) is 0 Å². The fourth-order valence-electron chi connectivity index (χ4n) is 3.44. The zero-order chi connectivity index (χ0) is 22.0. The number of hydrogen-bond acceptors (Lipinski definition) is 6. The van der Waals surface area contributed by atoms with Gasteiger partial charge in [0.25, 0.3) is 5.91 Å². The number of ether oxygens (including phenoxy) is 1. The molecule has 2 heterocycles. The zero-order valence-corrected chi connectivity index (χ0v) is 19.9. The molecule has 0 aliphatic heterocycles. The third kappa shape index (κ3) is 5.12. The van der Waals surface area contributed by atoms with Crippen molar-refractivity contribution in [1.82, 2.24) is 4.98 Å². The Morgan fingerprint density at radius 1 is 1.23 bits per heavy atom. The van der Waals surface area contributed by atoms with Crippen LogP contribution in [0.3, 0.4) is 0 Å². The number of nitrogens with one attached hydrogen (secondary N) is 1. The fraction of sp³-hybridized carbons (Fsp3) is 0.318. The maximum Gasteiger partial charge on any atom is 0.349 e.